The minimum Gasteiger partial charge on any atom is -0.445 e. The SMILES string of the molecule is CC(=O)NC(CCCCN)C(=O)NC(C(=O)NC(CCCNC(N)=O)C(=O)Nc1ccc(COC(=O)N(C)CCN(C)C(=O)Oc2cc3c(c4c(C)c[nH]c24)C(CCl)CN3C(=O)C23C4C5C2C2C3C4C52C(=O)N2CC(CCl)c3c2cc(OP(=O)(O)O)c2[nH]cc(C)c32)cc1)C(C)C. The van der Waals surface area contributed by atoms with Crippen LogP contribution in [0.5, 0.6) is 11.5 Å². The monoisotopic (exact) mass is 1400 g/mol. The van der Waals surface area contributed by atoms with Crippen molar-refractivity contribution in [2.45, 2.75) is 103 Å². The van der Waals surface area contributed by atoms with Crippen LogP contribution in [0.15, 0.2) is 48.8 Å². The van der Waals surface area contributed by atoms with E-state index >= 15 is 9.59 Å². The fraction of sp³-hybridized carbons (Fsp3) is 0.530. The first-order valence-electron chi connectivity index (χ1n) is 32.8. The summed E-state index contributed by atoms with van der Waals surface area (Å²) in [6, 6.07) is 5.84. The summed E-state index contributed by atoms with van der Waals surface area (Å²) in [7, 11) is -1.92. The van der Waals surface area contributed by atoms with Crippen molar-refractivity contribution < 1.29 is 71.5 Å². The van der Waals surface area contributed by atoms with E-state index in [-0.39, 0.29) is 121 Å². The Hall–Kier alpha value is -8.14. The van der Waals surface area contributed by atoms with Crippen molar-refractivity contribution in [1.29, 1.82) is 0 Å². The van der Waals surface area contributed by atoms with Gasteiger partial charge >= 0.3 is 26.0 Å². The number of aryl methyl sites for hydroxylation is 2. The maximum Gasteiger partial charge on any atom is 0.524 e. The minimum atomic E-state index is -4.97. The summed E-state index contributed by atoms with van der Waals surface area (Å²) in [5.74, 6) is -2.41. The van der Waals surface area contributed by atoms with Gasteiger partial charge in [-0.15, -0.1) is 23.2 Å². The number of hydrogen-bond donors (Lipinski definition) is 11. The lowest BCUT2D eigenvalue weighted by Crippen LogP contribution is -3.12. The van der Waals surface area contributed by atoms with Crippen LogP contribution in [0.4, 0.5) is 31.4 Å². The van der Waals surface area contributed by atoms with Gasteiger partial charge in [-0.1, -0.05) is 26.0 Å². The number of halogens is 2. The summed E-state index contributed by atoms with van der Waals surface area (Å²) in [4.78, 5) is 154. The van der Waals surface area contributed by atoms with E-state index in [0.29, 0.717) is 72.6 Å². The highest BCUT2D eigenvalue weighted by atomic mass is 35.5. The van der Waals surface area contributed by atoms with Gasteiger partial charge in [-0.2, -0.15) is 0 Å². The lowest BCUT2D eigenvalue weighted by molar-refractivity contribution is -0.623. The normalized spacial score (nSPS) is 24.8. The molecule has 2 aliphatic heterocycles. The maximum atomic E-state index is 15.4. The van der Waals surface area contributed by atoms with E-state index in [9.17, 15) is 47.9 Å². The number of alkyl halides is 2. The number of urea groups is 1. The van der Waals surface area contributed by atoms with E-state index in [1.807, 2.05) is 24.9 Å². The number of aromatic nitrogens is 2. The average molecular weight is 1400 g/mol. The molecule has 520 valence electrons. The number of rotatable bonds is 28. The topological polar surface area (TPSA) is 396 Å². The molecule has 6 aliphatic carbocycles. The van der Waals surface area contributed by atoms with Crippen molar-refractivity contribution in [3.8, 4) is 11.5 Å². The van der Waals surface area contributed by atoms with Gasteiger partial charge in [-0.05, 0) is 134 Å². The molecule has 13 rings (SSSR count). The molecule has 5 atom stereocenters. The fourth-order valence-corrected chi connectivity index (χ4v) is 18.4. The number of phosphoric ester groups is 1. The minimum absolute atomic E-state index is 0.00675. The van der Waals surface area contributed by atoms with E-state index in [1.54, 1.807) is 55.3 Å². The van der Waals surface area contributed by atoms with Crippen LogP contribution < -0.4 is 57.1 Å². The maximum absolute atomic E-state index is 15.4. The van der Waals surface area contributed by atoms with Crippen LogP contribution in [0.2, 0.25) is 0 Å². The van der Waals surface area contributed by atoms with Crippen molar-refractivity contribution >= 4 is 124 Å². The number of nitrogens with one attached hydrogen (secondary N) is 7. The first kappa shape index (κ1) is 68.8. The standard InChI is InChI=1S/C66H82Cl2N13O15P/c1-30(2)54(77-58(84)38(74-33(5)82)11-8-9-17-69)59(85)76-39(12-10-18-71-62(70)88)57(83)75-37-15-13-34(14-16-37)29-94-63(89)78(6)19-20-79(7)64(90)95-42-21-40-46(44-31(3)25-72-55(42)44)35(23-67)27-80(40)60(86)65-48-51-49(65)53-50(65)52(48)66(51,53)61(87)81-28-36(24-68)47-41(81)22-43(96-97(91,92)93)56-45(47)32(4)26-73-56/h13-16,21-22,25-26,30,35-36,38-39,48-54,72-73H,8-12,17-20,23-24,27-29,69H2,1-7H3,(H,74,82)(H,75,83)(H,76,85)(H,77,84)(H3,70,71,88)(H2,91,92,93). The Morgan fingerprint density at radius 3 is 1.71 bits per heavy atom. The summed E-state index contributed by atoms with van der Waals surface area (Å²) in [5.41, 5.74) is 16.1. The van der Waals surface area contributed by atoms with Crippen molar-refractivity contribution in [3.05, 3.63) is 76.6 Å². The van der Waals surface area contributed by atoms with Crippen LogP contribution in [0.1, 0.15) is 92.5 Å². The summed E-state index contributed by atoms with van der Waals surface area (Å²) >= 11 is 13.3. The molecule has 10 amide bonds. The number of phosphoric acid groups is 1. The van der Waals surface area contributed by atoms with Gasteiger partial charge in [-0.25, -0.2) is 18.9 Å². The number of unbranched alkanes of at least 4 members (excludes halogenated alkanes) is 1. The molecular formula is C66H82Cl2N13O15P. The van der Waals surface area contributed by atoms with Crippen LogP contribution in [0, 0.1) is 66.1 Å². The summed E-state index contributed by atoms with van der Waals surface area (Å²) < 4.78 is 29.1. The van der Waals surface area contributed by atoms with Crippen molar-refractivity contribution in [1.82, 2.24) is 41.0 Å². The highest BCUT2D eigenvalue weighted by molar-refractivity contribution is 7.46. The third-order valence-electron chi connectivity index (χ3n) is 21.6. The summed E-state index contributed by atoms with van der Waals surface area (Å²) in [6.07, 6.45) is 3.97. The summed E-state index contributed by atoms with van der Waals surface area (Å²) in [6.45, 7) is 9.65. The molecule has 0 bridgehead atoms. The van der Waals surface area contributed by atoms with Crippen LogP contribution >= 0.6 is 31.0 Å². The highest BCUT2D eigenvalue weighted by Gasteiger charge is 3.13. The molecule has 0 saturated heterocycles. The Morgan fingerprint density at radius 2 is 1.22 bits per heavy atom. The van der Waals surface area contributed by atoms with Gasteiger partial charge in [0.05, 0.1) is 33.2 Å². The Kier molecular flexibility index (Phi) is 18.6. The smallest absolute Gasteiger partial charge is 0.445 e. The van der Waals surface area contributed by atoms with Gasteiger partial charge in [0.25, 0.3) is 0 Å². The number of amides is 10. The van der Waals surface area contributed by atoms with Crippen molar-refractivity contribution in [3.63, 3.8) is 0 Å². The Bertz CT molecular complexity index is 4050. The molecule has 0 spiro atoms. The molecular weight excluding hydrogens is 1320 g/mol. The number of likely N-dealkylation sites (N-methyl/N-ethyl adjacent to an activating group) is 2. The second kappa shape index (κ2) is 26.3. The Balaban J connectivity index is 0.649. The number of hydrogen-bond acceptors (Lipinski definition) is 14. The van der Waals surface area contributed by atoms with Gasteiger partial charge in [0.1, 0.15) is 24.7 Å². The molecule has 28 nitrogen and oxygen atoms in total. The highest BCUT2D eigenvalue weighted by Crippen LogP contribution is 3.10. The molecule has 6 fully saturated rings. The lowest BCUT2D eigenvalue weighted by Gasteiger charge is -3.09. The largest absolute Gasteiger partial charge is 0.524 e. The second-order valence-corrected chi connectivity index (χ2v) is 29.2. The molecule has 5 unspecified atom stereocenters. The molecule has 4 heterocycles. The zero-order valence-corrected chi connectivity index (χ0v) is 57.2. The number of nitrogens with zero attached hydrogens (tertiary/aromatic N) is 4. The van der Waals surface area contributed by atoms with Crippen molar-refractivity contribution in [2.24, 2.45) is 63.7 Å². The van der Waals surface area contributed by atoms with Crippen LogP contribution in [-0.4, -0.2) is 166 Å². The van der Waals surface area contributed by atoms with E-state index in [2.05, 4.69) is 36.6 Å². The molecule has 6 saturated carbocycles. The number of benzene rings is 3. The number of primary amides is 1. The third-order valence-corrected chi connectivity index (χ3v) is 22.8. The first-order valence-corrected chi connectivity index (χ1v) is 35.4. The predicted molar refractivity (Wildman–Crippen MR) is 359 cm³/mol. The predicted octanol–water partition coefficient (Wildman–Crippen LogP) is 5.86. The number of anilines is 3. The van der Waals surface area contributed by atoms with E-state index in [4.69, 9.17) is 48.7 Å². The lowest BCUT2D eigenvalue weighted by atomic mass is 8.92. The number of nitrogens with two attached hydrogens (primary N) is 2. The second-order valence-electron chi connectivity index (χ2n) is 27.4. The van der Waals surface area contributed by atoms with Crippen LogP contribution in [0.3, 0.4) is 0 Å². The molecule has 8 aliphatic rings. The van der Waals surface area contributed by atoms with Crippen LogP contribution in [-0.2, 0) is 44.7 Å². The molecule has 2 aromatic heterocycles. The number of carbonyl (C=O) groups is 9. The van der Waals surface area contributed by atoms with Gasteiger partial charge in [0.15, 0.2) is 11.5 Å². The Morgan fingerprint density at radius 1 is 0.711 bits per heavy atom. The quantitative estimate of drug-likeness (QED) is 0.0159. The number of aromatic amines is 2. The van der Waals surface area contributed by atoms with Gasteiger partial charge in [-0.3, -0.25) is 38.6 Å². The zero-order valence-electron chi connectivity index (χ0n) is 54.8. The Labute approximate surface area is 568 Å². The van der Waals surface area contributed by atoms with Gasteiger partial charge in [0.2, 0.25) is 35.4 Å². The number of carbonyl (C=O) groups excluding carboxylic acids is 9. The molecule has 3 aromatic carbocycles. The fourth-order valence-electron chi connectivity index (χ4n) is 17.5. The molecule has 31 heteroatoms. The summed E-state index contributed by atoms with van der Waals surface area (Å²) in [5, 5.41) is 14.9. The first-order chi connectivity index (χ1) is 46.1. The number of fused-ring (bicyclic) bond motifs is 6. The third kappa shape index (κ3) is 11.4. The number of H-pyrrole nitrogens is 2. The zero-order chi connectivity index (χ0) is 69.6. The molecule has 97 heavy (non-hydrogen) atoms. The van der Waals surface area contributed by atoms with Crippen molar-refractivity contribution in [2.75, 3.05) is 80.2 Å². The van der Waals surface area contributed by atoms with E-state index in [1.165, 1.54) is 36.9 Å². The number of ether oxygens (including phenoxy) is 2. The molecule has 5 aromatic rings. The van der Waals surface area contributed by atoms with Gasteiger partial charge < -0.3 is 81.6 Å². The van der Waals surface area contributed by atoms with Gasteiger partial charge in [0, 0.05) is 118 Å². The van der Waals surface area contributed by atoms with E-state index in [0.717, 1.165) is 33.0 Å². The molecule has 0 radical (unpaired) electrons. The van der Waals surface area contributed by atoms with E-state index < -0.39 is 84.5 Å². The molecule has 13 N–H and O–H groups in total. The average Bonchev–Trinajstić information content (AvgIpc) is 0.620. The van der Waals surface area contributed by atoms with Crippen LogP contribution in [0.25, 0.3) is 21.8 Å².